The normalized spacial score (nSPS) is 36.0. The summed E-state index contributed by atoms with van der Waals surface area (Å²) >= 11 is -9.11. The van der Waals surface area contributed by atoms with Crippen LogP contribution in [0.4, 0.5) is 0 Å². The molecule has 0 aromatic carbocycles. The fraction of sp³-hybridized carbons (Fsp3) is 0. The van der Waals surface area contributed by atoms with E-state index in [-0.39, 0.29) is 0 Å². The van der Waals surface area contributed by atoms with Crippen molar-refractivity contribution < 1.29 is 5.34 Å². The van der Waals surface area contributed by atoms with E-state index in [1.807, 2.05) is 0 Å². The first-order valence-corrected chi connectivity index (χ1v) is 19.2. The van der Waals surface area contributed by atoms with Gasteiger partial charge in [0.1, 0.15) is 0 Å². The Bertz CT molecular complexity index is 101. The van der Waals surface area contributed by atoms with E-state index in [0.29, 0.717) is 0 Å². The van der Waals surface area contributed by atoms with Crippen LogP contribution in [-0.4, -0.2) is 92.3 Å². The number of rotatable bonds is 0. The number of hydrogen-bond donors (Lipinski definition) is 0. The first-order valence-electron chi connectivity index (χ1n) is 2.19. The zero-order valence-electron chi connectivity index (χ0n) is 4.24. The number of hydrogen-bond acceptors (Lipinski definition) is 6. The van der Waals surface area contributed by atoms with Crippen molar-refractivity contribution in [2.75, 3.05) is 0 Å². The third kappa shape index (κ3) is 1.61. The van der Waals surface area contributed by atoms with Crippen molar-refractivity contribution >= 4 is 92.3 Å². The van der Waals surface area contributed by atoms with Crippen LogP contribution < -0.4 is 0 Å². The van der Waals surface area contributed by atoms with Crippen LogP contribution in [0.3, 0.4) is 0 Å². The van der Waals surface area contributed by atoms with Crippen LogP contribution in [0.1, 0.15) is 0 Å². The van der Waals surface area contributed by atoms with E-state index in [9.17, 15) is 0 Å². The van der Waals surface area contributed by atoms with E-state index in [1.54, 1.807) is 0 Å². The summed E-state index contributed by atoms with van der Waals surface area (Å²) in [6, 6.07) is 0. The van der Waals surface area contributed by atoms with Gasteiger partial charge >= 0.3 is 97.6 Å². The van der Waals surface area contributed by atoms with E-state index in [2.05, 4.69) is 0 Å². The first-order chi connectivity index (χ1) is 4.90. The molecule has 4 bridgehead atoms. The molecule has 10 heteroatoms. The Morgan fingerprint density at radius 1 is 0.400 bits per heavy atom. The summed E-state index contributed by atoms with van der Waals surface area (Å²) in [5.74, 6) is 0. The Morgan fingerprint density at radius 3 is 0.800 bits per heavy atom. The van der Waals surface area contributed by atoms with Gasteiger partial charge in [-0.1, -0.05) is 0 Å². The second-order valence-electron chi connectivity index (χ2n) is 1.38. The molecule has 4 rings (SSSR count). The van der Waals surface area contributed by atoms with E-state index in [0.717, 1.165) is 0 Å². The molecule has 4 heterocycles. The summed E-state index contributed by atoms with van der Waals surface area (Å²) in [6.07, 6.45) is 0. The molecule has 0 radical (unpaired) electrons. The summed E-state index contributed by atoms with van der Waals surface area (Å²) in [6.45, 7) is 0. The average molecular weight is 932 g/mol. The zero-order valence-corrected chi connectivity index (χ0v) is 18.1. The molecule has 4 aliphatic rings. The van der Waals surface area contributed by atoms with Crippen LogP contribution in [0, 0.1) is 0 Å². The minimum atomic E-state index is -2.28. The van der Waals surface area contributed by atoms with E-state index in [1.165, 1.54) is 0 Å². The fourth-order valence-electron chi connectivity index (χ4n) is 0.505. The summed E-state index contributed by atoms with van der Waals surface area (Å²) < 4.78 is 32.2. The molecule has 10 heavy (non-hydrogen) atoms. The molecule has 0 spiro atoms. The van der Waals surface area contributed by atoms with Gasteiger partial charge in [0.05, 0.1) is 0 Å². The summed E-state index contributed by atoms with van der Waals surface area (Å²) in [4.78, 5) is 0. The van der Waals surface area contributed by atoms with Crippen LogP contribution >= 0.6 is 0 Å². The van der Waals surface area contributed by atoms with Crippen LogP contribution in [-0.2, 0) is 5.34 Å². The maximum absolute atomic E-state index is 5.36. The molecule has 4 fully saturated rings. The van der Waals surface area contributed by atoms with Gasteiger partial charge in [0, 0.05) is 0 Å². The molecule has 56 valence electrons. The standard InChI is InChI=1S/4Bi.6O. The molecule has 0 aromatic heterocycles. The van der Waals surface area contributed by atoms with Gasteiger partial charge in [-0.25, -0.2) is 0 Å². The van der Waals surface area contributed by atoms with Crippen LogP contribution in [0.25, 0.3) is 0 Å². The van der Waals surface area contributed by atoms with Gasteiger partial charge < -0.3 is 0 Å². The Balaban J connectivity index is 1.90. The molecule has 0 N–H and O–H groups in total. The second-order valence-corrected chi connectivity index (χ2v) is 45.6. The Labute approximate surface area is 95.2 Å². The Kier molecular flexibility index (Phi) is 2.97. The molecule has 0 amide bonds. The predicted octanol–water partition coefficient (Wildman–Crippen LogP) is -1.93. The summed E-state index contributed by atoms with van der Waals surface area (Å²) in [7, 11) is 0. The molecule has 0 unspecified atom stereocenters. The fourth-order valence-corrected chi connectivity index (χ4v) is 146. The summed E-state index contributed by atoms with van der Waals surface area (Å²) in [5, 5.41) is 0. The maximum atomic E-state index is 5.36. The monoisotopic (exact) mass is 932 g/mol. The molecule has 0 aromatic rings. The van der Waals surface area contributed by atoms with Crippen LogP contribution in [0.2, 0.25) is 0 Å². The molecular weight excluding hydrogens is 932 g/mol. The predicted molar refractivity (Wildman–Crippen MR) is 29.5 cm³/mol. The van der Waals surface area contributed by atoms with Crippen molar-refractivity contribution in [1.82, 2.24) is 0 Å². The van der Waals surface area contributed by atoms with Crippen molar-refractivity contribution in [3.05, 3.63) is 0 Å². The van der Waals surface area contributed by atoms with Gasteiger partial charge in [0.2, 0.25) is 0 Å². The first kappa shape index (κ1) is 8.59. The molecule has 0 aliphatic carbocycles. The molecule has 0 atom stereocenters. The third-order valence-electron chi connectivity index (χ3n) is 0.800. The Morgan fingerprint density at radius 2 is 0.600 bits per heavy atom. The van der Waals surface area contributed by atoms with Gasteiger partial charge in [0.25, 0.3) is 0 Å². The van der Waals surface area contributed by atoms with Crippen LogP contribution in [0.5, 0.6) is 0 Å². The van der Waals surface area contributed by atoms with Crippen molar-refractivity contribution in [2.45, 2.75) is 0 Å². The van der Waals surface area contributed by atoms with Crippen molar-refractivity contribution in [3.63, 3.8) is 0 Å². The molecular formula is Bi4O6. The Hall–Kier alpha value is 3.29. The summed E-state index contributed by atoms with van der Waals surface area (Å²) in [5.41, 5.74) is 0. The van der Waals surface area contributed by atoms with Gasteiger partial charge in [-0.2, -0.15) is 0 Å². The van der Waals surface area contributed by atoms with E-state index in [4.69, 9.17) is 5.34 Å². The molecule has 6 nitrogen and oxygen atoms in total. The van der Waals surface area contributed by atoms with Crippen LogP contribution in [0.15, 0.2) is 0 Å². The molecule has 0 saturated carbocycles. The average Bonchev–Trinajstić information content (AvgIpc) is 1.82. The quantitative estimate of drug-likeness (QED) is 0.265. The van der Waals surface area contributed by atoms with Gasteiger partial charge in [-0.15, -0.1) is 0 Å². The second kappa shape index (κ2) is 3.46. The van der Waals surface area contributed by atoms with Crippen molar-refractivity contribution in [1.29, 1.82) is 0 Å². The topological polar surface area (TPSA) is 55.4 Å². The van der Waals surface area contributed by atoms with Gasteiger partial charge in [-0.3, -0.25) is 0 Å². The van der Waals surface area contributed by atoms with Gasteiger partial charge in [0.15, 0.2) is 0 Å². The molecule has 4 saturated heterocycles. The van der Waals surface area contributed by atoms with E-state index >= 15 is 0 Å². The third-order valence-corrected chi connectivity index (χ3v) is 61.6. The van der Waals surface area contributed by atoms with Crippen molar-refractivity contribution in [2.24, 2.45) is 0 Å². The van der Waals surface area contributed by atoms with Gasteiger partial charge in [-0.05, 0) is 0 Å². The minimum absolute atomic E-state index is 2.28. The zero-order chi connectivity index (χ0) is 6.55. The SMILES string of the molecule is [O]1[Bi]2[O][Bi]3[O][Bi]1[O][Bi]([O]2)[O]3. The molecule has 4 aliphatic heterocycles. The van der Waals surface area contributed by atoms with Crippen molar-refractivity contribution in [3.8, 4) is 0 Å². The van der Waals surface area contributed by atoms with E-state index < -0.39 is 92.3 Å².